The maximum atomic E-state index is 6.57. The molecular formula is C18H30O. The second-order valence-corrected chi connectivity index (χ2v) is 7.07. The number of hydrogen-bond donors (Lipinski definition) is 0. The number of allylic oxidation sites excluding steroid dienone is 2. The minimum absolute atomic E-state index is 0.123. The molecule has 0 aliphatic heterocycles. The van der Waals surface area contributed by atoms with Crippen molar-refractivity contribution in [1.82, 2.24) is 0 Å². The van der Waals surface area contributed by atoms with E-state index in [0.29, 0.717) is 0 Å². The summed E-state index contributed by atoms with van der Waals surface area (Å²) in [6, 6.07) is 0. The van der Waals surface area contributed by atoms with E-state index in [9.17, 15) is 0 Å². The molecule has 0 radical (unpaired) electrons. The minimum Gasteiger partial charge on any atom is -0.361 e. The Morgan fingerprint density at radius 3 is 1.47 bits per heavy atom. The first kappa shape index (κ1) is 14.8. The van der Waals surface area contributed by atoms with Crippen LogP contribution in [0.1, 0.15) is 79.1 Å². The van der Waals surface area contributed by atoms with Gasteiger partial charge in [0.1, 0.15) is 0 Å². The lowest BCUT2D eigenvalue weighted by atomic mass is 9.84. The van der Waals surface area contributed by atoms with E-state index in [1.54, 1.807) is 0 Å². The topological polar surface area (TPSA) is 9.23 Å². The van der Waals surface area contributed by atoms with Crippen molar-refractivity contribution < 1.29 is 4.74 Å². The molecule has 0 bridgehead atoms. The van der Waals surface area contributed by atoms with Gasteiger partial charge in [-0.25, -0.2) is 0 Å². The van der Waals surface area contributed by atoms with Gasteiger partial charge in [-0.05, 0) is 90.2 Å². The molecule has 0 aromatic carbocycles. The van der Waals surface area contributed by atoms with E-state index in [1.165, 1.54) is 62.5 Å². The zero-order chi connectivity index (χ0) is 13.9. The second kappa shape index (κ2) is 5.83. The van der Waals surface area contributed by atoms with Crippen LogP contribution in [0.2, 0.25) is 0 Å². The van der Waals surface area contributed by atoms with E-state index < -0.39 is 0 Å². The molecule has 0 N–H and O–H groups in total. The summed E-state index contributed by atoms with van der Waals surface area (Å²) in [5.74, 6) is 0. The van der Waals surface area contributed by atoms with Crippen LogP contribution in [-0.2, 0) is 4.74 Å². The van der Waals surface area contributed by atoms with Crippen molar-refractivity contribution in [2.24, 2.45) is 0 Å². The van der Waals surface area contributed by atoms with E-state index in [4.69, 9.17) is 4.74 Å². The highest BCUT2D eigenvalue weighted by Gasteiger charge is 2.34. The van der Waals surface area contributed by atoms with Crippen LogP contribution in [0.25, 0.3) is 0 Å². The molecule has 108 valence electrons. The first-order valence-electron chi connectivity index (χ1n) is 8.01. The third kappa shape index (κ3) is 3.72. The summed E-state index contributed by atoms with van der Waals surface area (Å²) in [4.78, 5) is 0. The zero-order valence-corrected chi connectivity index (χ0v) is 13.2. The van der Waals surface area contributed by atoms with Crippen LogP contribution >= 0.6 is 0 Å². The van der Waals surface area contributed by atoms with Gasteiger partial charge in [-0.2, -0.15) is 0 Å². The summed E-state index contributed by atoms with van der Waals surface area (Å²) < 4.78 is 6.57. The van der Waals surface area contributed by atoms with Gasteiger partial charge in [0.15, 0.2) is 0 Å². The molecule has 0 aromatic rings. The van der Waals surface area contributed by atoms with Crippen LogP contribution in [0.5, 0.6) is 0 Å². The molecule has 0 heterocycles. The molecular weight excluding hydrogens is 232 g/mol. The molecule has 2 aliphatic carbocycles. The fourth-order valence-corrected chi connectivity index (χ4v) is 3.54. The monoisotopic (exact) mass is 262 g/mol. The van der Waals surface area contributed by atoms with Gasteiger partial charge in [0.2, 0.25) is 0 Å². The van der Waals surface area contributed by atoms with Gasteiger partial charge in [0.25, 0.3) is 0 Å². The maximum absolute atomic E-state index is 6.57. The molecule has 0 saturated carbocycles. The predicted molar refractivity (Wildman–Crippen MR) is 82.3 cm³/mol. The van der Waals surface area contributed by atoms with Crippen molar-refractivity contribution >= 4 is 0 Å². The first-order chi connectivity index (χ1) is 8.92. The van der Waals surface area contributed by atoms with E-state index >= 15 is 0 Å². The van der Waals surface area contributed by atoms with E-state index in [0.717, 1.165) is 0 Å². The van der Waals surface area contributed by atoms with Crippen LogP contribution in [0.3, 0.4) is 0 Å². The minimum atomic E-state index is -0.123. The Bertz CT molecular complexity index is 335. The Morgan fingerprint density at radius 1 is 0.737 bits per heavy atom. The van der Waals surface area contributed by atoms with Crippen molar-refractivity contribution in [3.05, 3.63) is 23.3 Å². The van der Waals surface area contributed by atoms with Gasteiger partial charge in [-0.15, -0.1) is 0 Å². The molecule has 0 fully saturated rings. The summed E-state index contributed by atoms with van der Waals surface area (Å²) in [6.07, 6.45) is 15.0. The average molecular weight is 262 g/mol. The second-order valence-electron chi connectivity index (χ2n) is 7.07. The lowest BCUT2D eigenvalue weighted by Gasteiger charge is -2.41. The lowest BCUT2D eigenvalue weighted by Crippen LogP contribution is -2.40. The Morgan fingerprint density at radius 2 is 1.16 bits per heavy atom. The van der Waals surface area contributed by atoms with Crippen molar-refractivity contribution in [3.8, 4) is 0 Å². The highest BCUT2D eigenvalue weighted by Crippen LogP contribution is 2.38. The van der Waals surface area contributed by atoms with Gasteiger partial charge in [0, 0.05) is 0 Å². The van der Waals surface area contributed by atoms with E-state index in [2.05, 4.69) is 39.8 Å². The van der Waals surface area contributed by atoms with Crippen LogP contribution in [0, 0.1) is 0 Å². The van der Waals surface area contributed by atoms with Gasteiger partial charge >= 0.3 is 0 Å². The molecule has 19 heavy (non-hydrogen) atoms. The molecule has 0 unspecified atom stereocenters. The van der Waals surface area contributed by atoms with Crippen molar-refractivity contribution in [2.45, 2.75) is 90.3 Å². The maximum Gasteiger partial charge on any atom is 0.0847 e. The molecule has 1 heteroatoms. The molecule has 0 atom stereocenters. The van der Waals surface area contributed by atoms with Crippen molar-refractivity contribution in [3.63, 3.8) is 0 Å². The molecule has 0 aromatic heterocycles. The average Bonchev–Trinajstić information content (AvgIpc) is 2.40. The summed E-state index contributed by atoms with van der Waals surface area (Å²) in [7, 11) is 0. The lowest BCUT2D eigenvalue weighted by molar-refractivity contribution is -0.0854. The normalized spacial score (nSPS) is 21.9. The van der Waals surface area contributed by atoms with Gasteiger partial charge in [-0.3, -0.25) is 0 Å². The SMILES string of the molecule is CC(C)(OC(C)(C)C1=CCCCC1)C1=CCCCC1. The highest BCUT2D eigenvalue weighted by atomic mass is 16.5. The first-order valence-corrected chi connectivity index (χ1v) is 8.01. The van der Waals surface area contributed by atoms with Crippen molar-refractivity contribution in [2.75, 3.05) is 0 Å². The van der Waals surface area contributed by atoms with Gasteiger partial charge in [0.05, 0.1) is 11.2 Å². The highest BCUT2D eigenvalue weighted by molar-refractivity contribution is 5.21. The summed E-state index contributed by atoms with van der Waals surface area (Å²) in [5.41, 5.74) is 2.76. The Hall–Kier alpha value is -0.560. The largest absolute Gasteiger partial charge is 0.361 e. The predicted octanol–water partition coefficient (Wildman–Crippen LogP) is 5.56. The standard InChI is InChI=1S/C18H30O/c1-17(2,15-11-7-5-8-12-15)19-18(3,4)16-13-9-6-10-14-16/h11,13H,5-10,12,14H2,1-4H3. The zero-order valence-electron chi connectivity index (χ0n) is 13.2. The van der Waals surface area contributed by atoms with Crippen LogP contribution in [0.4, 0.5) is 0 Å². The number of hydrogen-bond acceptors (Lipinski definition) is 1. The van der Waals surface area contributed by atoms with Crippen LogP contribution in [-0.4, -0.2) is 11.2 Å². The fourth-order valence-electron chi connectivity index (χ4n) is 3.54. The van der Waals surface area contributed by atoms with E-state index in [1.807, 2.05) is 0 Å². The molecule has 0 saturated heterocycles. The number of rotatable bonds is 4. The Labute approximate surface area is 119 Å². The van der Waals surface area contributed by atoms with Crippen LogP contribution in [0.15, 0.2) is 23.3 Å². The van der Waals surface area contributed by atoms with E-state index in [-0.39, 0.29) is 11.2 Å². The van der Waals surface area contributed by atoms with Crippen LogP contribution < -0.4 is 0 Å². The molecule has 0 spiro atoms. The third-order valence-corrected chi connectivity index (χ3v) is 4.64. The summed E-state index contributed by atoms with van der Waals surface area (Å²) in [5, 5.41) is 0. The summed E-state index contributed by atoms with van der Waals surface area (Å²) in [6.45, 7) is 8.98. The smallest absolute Gasteiger partial charge is 0.0847 e. The molecule has 2 rings (SSSR count). The Balaban J connectivity index is 2.09. The molecule has 1 nitrogen and oxygen atoms in total. The summed E-state index contributed by atoms with van der Waals surface area (Å²) >= 11 is 0. The quantitative estimate of drug-likeness (QED) is 0.603. The molecule has 0 amide bonds. The molecule has 2 aliphatic rings. The van der Waals surface area contributed by atoms with Gasteiger partial charge in [-0.1, -0.05) is 12.2 Å². The number of ether oxygens (including phenoxy) is 1. The Kier molecular flexibility index (Phi) is 4.55. The van der Waals surface area contributed by atoms with Crippen molar-refractivity contribution in [1.29, 1.82) is 0 Å². The third-order valence-electron chi connectivity index (χ3n) is 4.64. The van der Waals surface area contributed by atoms with Gasteiger partial charge < -0.3 is 4.74 Å². The fraction of sp³-hybridized carbons (Fsp3) is 0.778.